The molecule has 35 heavy (non-hydrogen) atoms. The van der Waals surface area contributed by atoms with Crippen molar-refractivity contribution in [3.63, 3.8) is 0 Å². The summed E-state index contributed by atoms with van der Waals surface area (Å²) in [6.07, 6.45) is 7.68. The lowest BCUT2D eigenvalue weighted by molar-refractivity contribution is 0.0743. The molecule has 1 atom stereocenters. The zero-order valence-corrected chi connectivity index (χ0v) is 21.1. The number of halogens is 3. The number of hydrogen-bond donors (Lipinski definition) is 1. The van der Waals surface area contributed by atoms with E-state index in [0.717, 1.165) is 68.4 Å². The Morgan fingerprint density at radius 2 is 1.89 bits per heavy atom. The number of nitrogens with zero attached hydrogens (tertiary/aromatic N) is 3. The largest absolute Gasteiger partial charge is 0.286 e. The number of nitrogens with one attached hydrogen (secondary N) is 1. The second kappa shape index (κ2) is 10.7. The van der Waals surface area contributed by atoms with Gasteiger partial charge in [-0.15, -0.1) is 0 Å². The third-order valence-corrected chi connectivity index (χ3v) is 7.52. The van der Waals surface area contributed by atoms with Gasteiger partial charge in [-0.25, -0.2) is 14.1 Å². The van der Waals surface area contributed by atoms with Crippen LogP contribution in [0.15, 0.2) is 42.5 Å². The van der Waals surface area contributed by atoms with Crippen LogP contribution in [0.2, 0.25) is 10.0 Å². The Kier molecular flexibility index (Phi) is 7.42. The topological polar surface area (TPSA) is 50.2 Å². The molecule has 1 aromatic heterocycles. The summed E-state index contributed by atoms with van der Waals surface area (Å²) in [5.41, 5.74) is 7.09. The van der Waals surface area contributed by atoms with E-state index in [4.69, 9.17) is 28.3 Å². The first-order valence-corrected chi connectivity index (χ1v) is 13.1. The highest BCUT2D eigenvalue weighted by molar-refractivity contribution is 6.35. The minimum atomic E-state index is -0.243. The van der Waals surface area contributed by atoms with E-state index in [9.17, 15) is 9.18 Å². The summed E-state index contributed by atoms with van der Waals surface area (Å²) in [6.45, 7) is 1.69. The van der Waals surface area contributed by atoms with Crippen LogP contribution in [0.5, 0.6) is 0 Å². The fourth-order valence-corrected chi connectivity index (χ4v) is 5.82. The predicted octanol–water partition coefficient (Wildman–Crippen LogP) is 6.50. The second-order valence-electron chi connectivity index (χ2n) is 9.49. The third kappa shape index (κ3) is 5.40. The molecule has 3 aromatic rings. The lowest BCUT2D eigenvalue weighted by Crippen LogP contribution is -2.45. The van der Waals surface area contributed by atoms with Gasteiger partial charge in [0.05, 0.1) is 16.4 Å². The standard InChI is InChI=1S/C27H29Cl2FN4O/c28-20-11-12-24(23(29)17-20)34-26-19(15-18-7-6-9-21(30)16-18)8-2-3-10-22(26)25(31-34)27(35)32-33-13-4-1-5-14-33/h6-7,9,11-12,16-17,19H,1-5,8,10,13-15H2,(H,32,35). The molecule has 5 rings (SSSR count). The summed E-state index contributed by atoms with van der Waals surface area (Å²) < 4.78 is 15.8. The fourth-order valence-electron chi connectivity index (χ4n) is 5.33. The number of aromatic nitrogens is 2. The monoisotopic (exact) mass is 514 g/mol. The van der Waals surface area contributed by atoms with E-state index in [1.165, 1.54) is 12.5 Å². The van der Waals surface area contributed by atoms with Gasteiger partial charge in [-0.05, 0) is 74.4 Å². The van der Waals surface area contributed by atoms with Crippen LogP contribution in [-0.4, -0.2) is 33.8 Å². The minimum Gasteiger partial charge on any atom is -0.283 e. The lowest BCUT2D eigenvalue weighted by Gasteiger charge is -2.26. The molecule has 1 N–H and O–H groups in total. The summed E-state index contributed by atoms with van der Waals surface area (Å²) in [6, 6.07) is 12.1. The van der Waals surface area contributed by atoms with Gasteiger partial charge in [0.25, 0.3) is 5.91 Å². The van der Waals surface area contributed by atoms with E-state index < -0.39 is 0 Å². The van der Waals surface area contributed by atoms with Gasteiger partial charge in [0, 0.05) is 29.6 Å². The van der Waals surface area contributed by atoms with Crippen LogP contribution in [0, 0.1) is 5.82 Å². The quantitative estimate of drug-likeness (QED) is 0.395. The Hall–Kier alpha value is -2.41. The predicted molar refractivity (Wildman–Crippen MR) is 137 cm³/mol. The molecule has 8 heteroatoms. The molecule has 0 saturated carbocycles. The average molecular weight is 515 g/mol. The van der Waals surface area contributed by atoms with Crippen molar-refractivity contribution in [3.05, 3.63) is 80.8 Å². The summed E-state index contributed by atoms with van der Waals surface area (Å²) in [5.74, 6) is -0.351. The first-order valence-electron chi connectivity index (χ1n) is 12.4. The van der Waals surface area contributed by atoms with Gasteiger partial charge in [0.2, 0.25) is 0 Å². The lowest BCUT2D eigenvalue weighted by atomic mass is 9.91. The molecule has 5 nitrogen and oxygen atoms in total. The van der Waals surface area contributed by atoms with Gasteiger partial charge in [-0.1, -0.05) is 48.2 Å². The SMILES string of the molecule is O=C(NN1CCCCC1)c1nn(-c2ccc(Cl)cc2Cl)c2c1CCCCC2Cc1cccc(F)c1. The molecule has 1 unspecified atom stereocenters. The van der Waals surface area contributed by atoms with Gasteiger partial charge < -0.3 is 0 Å². The number of carbonyl (C=O) groups is 1. The Balaban J connectivity index is 1.59. The molecule has 0 spiro atoms. The van der Waals surface area contributed by atoms with Gasteiger partial charge >= 0.3 is 0 Å². The van der Waals surface area contributed by atoms with Crippen molar-refractivity contribution in [1.82, 2.24) is 20.2 Å². The van der Waals surface area contributed by atoms with Crippen LogP contribution < -0.4 is 5.43 Å². The smallest absolute Gasteiger partial charge is 0.283 e. The van der Waals surface area contributed by atoms with E-state index in [-0.39, 0.29) is 17.6 Å². The Morgan fingerprint density at radius 1 is 1.06 bits per heavy atom. The normalized spacial score (nSPS) is 18.7. The first kappa shape index (κ1) is 24.3. The minimum absolute atomic E-state index is 0.0741. The summed E-state index contributed by atoms with van der Waals surface area (Å²) in [7, 11) is 0. The van der Waals surface area contributed by atoms with Crippen LogP contribution in [0.1, 0.15) is 71.8 Å². The summed E-state index contributed by atoms with van der Waals surface area (Å²) in [4.78, 5) is 13.5. The molecule has 1 amide bonds. The third-order valence-electron chi connectivity index (χ3n) is 6.98. The maximum Gasteiger partial charge on any atom is 0.286 e. The van der Waals surface area contributed by atoms with Gasteiger partial charge in [-0.3, -0.25) is 10.2 Å². The number of hydrogen-bond acceptors (Lipinski definition) is 3. The van der Waals surface area contributed by atoms with E-state index in [1.54, 1.807) is 24.3 Å². The number of carbonyl (C=O) groups excluding carboxylic acids is 1. The molecule has 1 aliphatic carbocycles. The van der Waals surface area contributed by atoms with Crippen molar-refractivity contribution >= 4 is 29.1 Å². The van der Waals surface area contributed by atoms with Gasteiger partial charge in [0.15, 0.2) is 5.69 Å². The highest BCUT2D eigenvalue weighted by Gasteiger charge is 2.31. The maximum absolute atomic E-state index is 14.0. The van der Waals surface area contributed by atoms with E-state index in [2.05, 4.69) is 5.43 Å². The molecular weight excluding hydrogens is 486 g/mol. The Labute approximate surface area is 215 Å². The van der Waals surface area contributed by atoms with Crippen molar-refractivity contribution in [3.8, 4) is 5.69 Å². The number of rotatable bonds is 5. The maximum atomic E-state index is 14.0. The fraction of sp³-hybridized carbons (Fsp3) is 0.407. The van der Waals surface area contributed by atoms with Crippen LogP contribution in [0.4, 0.5) is 4.39 Å². The molecule has 0 bridgehead atoms. The van der Waals surface area contributed by atoms with Crippen molar-refractivity contribution in [2.24, 2.45) is 0 Å². The molecule has 1 saturated heterocycles. The van der Waals surface area contributed by atoms with Crippen molar-refractivity contribution in [2.75, 3.05) is 13.1 Å². The highest BCUT2D eigenvalue weighted by Crippen LogP contribution is 2.38. The first-order chi connectivity index (χ1) is 17.0. The van der Waals surface area contributed by atoms with Gasteiger partial charge in [0.1, 0.15) is 5.82 Å². The summed E-state index contributed by atoms with van der Waals surface area (Å²) in [5, 5.41) is 7.85. The van der Waals surface area contributed by atoms with Crippen molar-refractivity contribution in [1.29, 1.82) is 0 Å². The number of fused-ring (bicyclic) bond motifs is 1. The van der Waals surface area contributed by atoms with Crippen molar-refractivity contribution in [2.45, 2.75) is 57.3 Å². The molecule has 2 aromatic carbocycles. The summed E-state index contributed by atoms with van der Waals surface area (Å²) >= 11 is 12.8. The number of amides is 1. The van der Waals surface area contributed by atoms with E-state index in [0.29, 0.717) is 27.8 Å². The average Bonchev–Trinajstić information content (AvgIpc) is 3.09. The van der Waals surface area contributed by atoms with E-state index >= 15 is 0 Å². The second-order valence-corrected chi connectivity index (χ2v) is 10.3. The van der Waals surface area contributed by atoms with Crippen LogP contribution in [-0.2, 0) is 12.8 Å². The highest BCUT2D eigenvalue weighted by atomic mass is 35.5. The Bertz CT molecular complexity index is 1220. The molecular formula is C27H29Cl2FN4O. The van der Waals surface area contributed by atoms with Crippen LogP contribution >= 0.6 is 23.2 Å². The van der Waals surface area contributed by atoms with E-state index in [1.807, 2.05) is 21.8 Å². The zero-order valence-electron chi connectivity index (χ0n) is 19.6. The number of piperidine rings is 1. The zero-order chi connectivity index (χ0) is 24.4. The molecule has 2 heterocycles. The van der Waals surface area contributed by atoms with Crippen LogP contribution in [0.3, 0.4) is 0 Å². The molecule has 184 valence electrons. The number of hydrazine groups is 1. The molecule has 2 aliphatic rings. The molecule has 1 fully saturated rings. The number of benzene rings is 2. The molecule has 0 radical (unpaired) electrons. The van der Waals surface area contributed by atoms with Crippen molar-refractivity contribution < 1.29 is 9.18 Å². The molecule has 1 aliphatic heterocycles. The van der Waals surface area contributed by atoms with Gasteiger partial charge in [-0.2, -0.15) is 5.10 Å². The van der Waals surface area contributed by atoms with Crippen LogP contribution in [0.25, 0.3) is 5.69 Å². The Morgan fingerprint density at radius 3 is 2.66 bits per heavy atom.